The first-order chi connectivity index (χ1) is 15.6. The van der Waals surface area contributed by atoms with Crippen molar-refractivity contribution in [3.8, 4) is 17.1 Å². The summed E-state index contributed by atoms with van der Waals surface area (Å²) in [7, 11) is 0. The molecule has 0 spiro atoms. The lowest BCUT2D eigenvalue weighted by Crippen LogP contribution is -2.42. The zero-order valence-electron chi connectivity index (χ0n) is 18.2. The molecule has 0 unspecified atom stereocenters. The van der Waals surface area contributed by atoms with Crippen LogP contribution in [0.3, 0.4) is 0 Å². The number of hydrogen-bond donors (Lipinski definition) is 1. The van der Waals surface area contributed by atoms with E-state index in [2.05, 4.69) is 56.0 Å². The number of nitrogens with zero attached hydrogens (tertiary/aromatic N) is 5. The zero-order chi connectivity index (χ0) is 22.1. The van der Waals surface area contributed by atoms with Gasteiger partial charge in [-0.3, -0.25) is 9.97 Å². The minimum absolute atomic E-state index is 0.241. The molecule has 0 atom stereocenters. The Kier molecular flexibility index (Phi) is 5.17. The van der Waals surface area contributed by atoms with Gasteiger partial charge in [0, 0.05) is 29.5 Å². The van der Waals surface area contributed by atoms with E-state index in [4.69, 9.17) is 0 Å². The molecule has 1 saturated carbocycles. The maximum Gasteiger partial charge on any atom is 0.148 e. The maximum atomic E-state index is 14.3. The highest BCUT2D eigenvalue weighted by molar-refractivity contribution is 5.56. The Morgan fingerprint density at radius 1 is 0.938 bits per heavy atom. The van der Waals surface area contributed by atoms with Gasteiger partial charge < -0.3 is 9.88 Å². The zero-order valence-corrected chi connectivity index (χ0v) is 18.2. The average molecular weight is 429 g/mol. The lowest BCUT2D eigenvalue weighted by atomic mass is 9.66. The van der Waals surface area contributed by atoms with Crippen LogP contribution in [0, 0.1) is 19.7 Å². The number of nitrogens with one attached hydrogen (secondary N) is 1. The van der Waals surface area contributed by atoms with Gasteiger partial charge >= 0.3 is 0 Å². The normalized spacial score (nSPS) is 14.7. The highest BCUT2D eigenvalue weighted by atomic mass is 19.1. The van der Waals surface area contributed by atoms with Gasteiger partial charge in [-0.15, -0.1) is 10.2 Å². The number of pyridine rings is 2. The molecule has 4 aromatic rings. The predicted molar refractivity (Wildman–Crippen MR) is 122 cm³/mol. The molecule has 0 aliphatic heterocycles. The first-order valence-corrected chi connectivity index (χ1v) is 10.9. The minimum atomic E-state index is -0.280. The van der Waals surface area contributed by atoms with Crippen molar-refractivity contribution in [2.24, 2.45) is 0 Å². The van der Waals surface area contributed by atoms with Crippen LogP contribution in [0.15, 0.2) is 60.9 Å². The van der Waals surface area contributed by atoms with Gasteiger partial charge in [0.2, 0.25) is 0 Å². The highest BCUT2D eigenvalue weighted by Crippen LogP contribution is 2.43. The molecular formula is C25H25FN6. The molecular weight excluding hydrogens is 403 g/mol. The van der Waals surface area contributed by atoms with Crippen molar-refractivity contribution in [2.75, 3.05) is 11.9 Å². The van der Waals surface area contributed by atoms with Crippen molar-refractivity contribution in [1.29, 1.82) is 0 Å². The van der Waals surface area contributed by atoms with Gasteiger partial charge in [-0.05, 0) is 75.2 Å². The molecule has 4 heterocycles. The van der Waals surface area contributed by atoms with Crippen molar-refractivity contribution in [2.45, 2.75) is 38.5 Å². The van der Waals surface area contributed by atoms with E-state index in [1.54, 1.807) is 12.3 Å². The summed E-state index contributed by atoms with van der Waals surface area (Å²) >= 11 is 0. The smallest absolute Gasteiger partial charge is 0.148 e. The van der Waals surface area contributed by atoms with Gasteiger partial charge in [-0.25, -0.2) is 4.39 Å². The second-order valence-electron chi connectivity index (χ2n) is 8.48. The fraction of sp³-hybridized carbons (Fsp3) is 0.280. The highest BCUT2D eigenvalue weighted by Gasteiger charge is 2.41. The van der Waals surface area contributed by atoms with E-state index in [-0.39, 0.29) is 11.2 Å². The molecule has 162 valence electrons. The number of aryl methyl sites for hydroxylation is 2. The van der Waals surface area contributed by atoms with E-state index >= 15 is 0 Å². The number of aromatic nitrogens is 5. The van der Waals surface area contributed by atoms with Crippen molar-refractivity contribution in [3.63, 3.8) is 0 Å². The van der Waals surface area contributed by atoms with Gasteiger partial charge in [-0.1, -0.05) is 6.42 Å². The third-order valence-corrected chi connectivity index (χ3v) is 6.38. The molecule has 0 bridgehead atoms. The molecule has 0 aromatic carbocycles. The third kappa shape index (κ3) is 3.64. The quantitative estimate of drug-likeness (QED) is 0.467. The largest absolute Gasteiger partial charge is 0.368 e. The monoisotopic (exact) mass is 428 g/mol. The van der Waals surface area contributed by atoms with Crippen molar-refractivity contribution < 1.29 is 4.39 Å². The van der Waals surface area contributed by atoms with Crippen LogP contribution < -0.4 is 5.32 Å². The fourth-order valence-corrected chi connectivity index (χ4v) is 4.45. The lowest BCUT2D eigenvalue weighted by molar-refractivity contribution is 0.243. The van der Waals surface area contributed by atoms with Gasteiger partial charge in [0.25, 0.3) is 0 Å². The number of halogens is 1. The van der Waals surface area contributed by atoms with Gasteiger partial charge in [0.15, 0.2) is 0 Å². The van der Waals surface area contributed by atoms with E-state index in [0.29, 0.717) is 23.8 Å². The number of hydrogen-bond acceptors (Lipinski definition) is 5. The summed E-state index contributed by atoms with van der Waals surface area (Å²) in [5.74, 6) is 0.418. The predicted octanol–water partition coefficient (Wildman–Crippen LogP) is 5.01. The summed E-state index contributed by atoms with van der Waals surface area (Å²) in [5.41, 5.74) is 5.09. The second-order valence-corrected chi connectivity index (χ2v) is 8.48. The lowest BCUT2D eigenvalue weighted by Gasteiger charge is -2.41. The van der Waals surface area contributed by atoms with Crippen molar-refractivity contribution in [1.82, 2.24) is 24.7 Å². The molecule has 6 nitrogen and oxygen atoms in total. The first kappa shape index (κ1) is 20.3. The van der Waals surface area contributed by atoms with Gasteiger partial charge in [-0.2, -0.15) is 0 Å². The molecule has 1 aliphatic rings. The summed E-state index contributed by atoms with van der Waals surface area (Å²) in [6, 6.07) is 15.1. The van der Waals surface area contributed by atoms with E-state index in [1.807, 2.05) is 30.5 Å². The SMILES string of the molecule is Cc1ccc(C)n1-c1ccc(-c2ccc(NCC3(c4ncccc4F)CCC3)nn2)nc1. The molecule has 5 rings (SSSR count). The summed E-state index contributed by atoms with van der Waals surface area (Å²) < 4.78 is 16.5. The number of rotatable bonds is 6. The summed E-state index contributed by atoms with van der Waals surface area (Å²) in [4.78, 5) is 8.89. The average Bonchev–Trinajstić information content (AvgIpc) is 3.12. The Morgan fingerprint density at radius 3 is 2.31 bits per heavy atom. The molecule has 4 aromatic heterocycles. The van der Waals surface area contributed by atoms with Crippen LogP contribution in [-0.4, -0.2) is 31.3 Å². The first-order valence-electron chi connectivity index (χ1n) is 10.9. The summed E-state index contributed by atoms with van der Waals surface area (Å²) in [6.07, 6.45) is 6.41. The van der Waals surface area contributed by atoms with Crippen LogP contribution in [0.4, 0.5) is 10.2 Å². The van der Waals surface area contributed by atoms with E-state index in [9.17, 15) is 4.39 Å². The molecule has 0 amide bonds. The fourth-order valence-electron chi connectivity index (χ4n) is 4.45. The molecule has 7 heteroatoms. The maximum absolute atomic E-state index is 14.3. The van der Waals surface area contributed by atoms with Gasteiger partial charge in [0.1, 0.15) is 17.3 Å². The van der Waals surface area contributed by atoms with Crippen LogP contribution in [0.5, 0.6) is 0 Å². The van der Waals surface area contributed by atoms with Crippen molar-refractivity contribution in [3.05, 3.63) is 83.8 Å². The summed E-state index contributed by atoms with van der Waals surface area (Å²) in [6.45, 7) is 4.74. The summed E-state index contributed by atoms with van der Waals surface area (Å²) in [5, 5.41) is 12.0. The molecule has 1 aliphatic carbocycles. The number of anilines is 1. The molecule has 32 heavy (non-hydrogen) atoms. The topological polar surface area (TPSA) is 68.5 Å². The van der Waals surface area contributed by atoms with Crippen LogP contribution in [0.25, 0.3) is 17.1 Å². The molecule has 1 fully saturated rings. The Morgan fingerprint density at radius 2 is 1.72 bits per heavy atom. The molecule has 0 radical (unpaired) electrons. The Balaban J connectivity index is 1.29. The van der Waals surface area contributed by atoms with E-state index < -0.39 is 0 Å². The van der Waals surface area contributed by atoms with Crippen LogP contribution >= 0.6 is 0 Å². The molecule has 1 N–H and O–H groups in total. The Labute approximate surface area is 186 Å². The minimum Gasteiger partial charge on any atom is -0.368 e. The van der Waals surface area contributed by atoms with Crippen LogP contribution in [0.2, 0.25) is 0 Å². The van der Waals surface area contributed by atoms with Crippen LogP contribution in [0.1, 0.15) is 36.3 Å². The van der Waals surface area contributed by atoms with Crippen molar-refractivity contribution >= 4 is 5.82 Å². The van der Waals surface area contributed by atoms with Crippen LogP contribution in [-0.2, 0) is 5.41 Å². The standard InChI is InChI=1S/C25H25FN6/c1-17-6-7-18(2)32(17)19-8-9-21(28-15-19)22-10-11-23(31-30-22)29-16-25(12-4-13-25)24-20(26)5-3-14-27-24/h3,5-11,14-15H,4,12-13,16H2,1-2H3,(H,29,31). The van der Waals surface area contributed by atoms with Gasteiger partial charge in [0.05, 0.1) is 23.3 Å². The Hall–Kier alpha value is -3.61. The van der Waals surface area contributed by atoms with E-state index in [1.165, 1.54) is 17.5 Å². The Bertz CT molecular complexity index is 1210. The van der Waals surface area contributed by atoms with E-state index in [0.717, 1.165) is 30.6 Å². The molecule has 0 saturated heterocycles. The third-order valence-electron chi connectivity index (χ3n) is 6.38. The second kappa shape index (κ2) is 8.15.